The summed E-state index contributed by atoms with van der Waals surface area (Å²) in [6.45, 7) is 4.08. The number of nitrogens with one attached hydrogen (secondary N) is 2. The minimum absolute atomic E-state index is 0.122. The van der Waals surface area contributed by atoms with Gasteiger partial charge in [-0.05, 0) is 49.9 Å². The SMILES string of the molecule is CCCCCNS(=O)(=O)c1ccc(NC(=O)N2CCCCC2)cc1. The van der Waals surface area contributed by atoms with E-state index < -0.39 is 10.0 Å². The van der Waals surface area contributed by atoms with Crippen molar-refractivity contribution in [3.63, 3.8) is 0 Å². The molecule has 134 valence electrons. The summed E-state index contributed by atoms with van der Waals surface area (Å²) in [7, 11) is -3.48. The third kappa shape index (κ3) is 5.49. The Morgan fingerprint density at radius 1 is 1.08 bits per heavy atom. The number of piperidine rings is 1. The molecule has 0 spiro atoms. The number of carbonyl (C=O) groups is 1. The van der Waals surface area contributed by atoms with Gasteiger partial charge in [0.2, 0.25) is 10.0 Å². The summed E-state index contributed by atoms with van der Waals surface area (Å²) in [6, 6.07) is 6.18. The number of carbonyl (C=O) groups excluding carboxylic acids is 1. The molecule has 1 aliphatic rings. The third-order valence-electron chi connectivity index (χ3n) is 4.13. The fraction of sp³-hybridized carbons (Fsp3) is 0.588. The topological polar surface area (TPSA) is 78.5 Å². The molecular formula is C17H27N3O3S. The van der Waals surface area contributed by atoms with Crippen molar-refractivity contribution in [2.75, 3.05) is 25.0 Å². The van der Waals surface area contributed by atoms with Crippen LogP contribution in [0.4, 0.5) is 10.5 Å². The molecule has 0 aliphatic carbocycles. The maximum atomic E-state index is 12.2. The maximum absolute atomic E-state index is 12.2. The molecule has 0 saturated carbocycles. The third-order valence-corrected chi connectivity index (χ3v) is 5.61. The molecule has 2 amide bonds. The van der Waals surface area contributed by atoms with Crippen molar-refractivity contribution in [1.82, 2.24) is 9.62 Å². The van der Waals surface area contributed by atoms with Crippen molar-refractivity contribution < 1.29 is 13.2 Å². The number of likely N-dealkylation sites (tertiary alicyclic amines) is 1. The lowest BCUT2D eigenvalue weighted by Crippen LogP contribution is -2.38. The van der Waals surface area contributed by atoms with E-state index in [9.17, 15) is 13.2 Å². The van der Waals surface area contributed by atoms with Gasteiger partial charge in [-0.25, -0.2) is 17.9 Å². The van der Waals surface area contributed by atoms with Crippen LogP contribution in [0.25, 0.3) is 0 Å². The number of nitrogens with zero attached hydrogens (tertiary/aromatic N) is 1. The van der Waals surface area contributed by atoms with E-state index in [0.717, 1.165) is 45.2 Å². The normalized spacial score (nSPS) is 15.3. The smallest absolute Gasteiger partial charge is 0.321 e. The molecule has 24 heavy (non-hydrogen) atoms. The Hall–Kier alpha value is -1.60. The second-order valence-electron chi connectivity index (χ2n) is 6.11. The highest BCUT2D eigenvalue weighted by atomic mass is 32.2. The van der Waals surface area contributed by atoms with Gasteiger partial charge in [-0.15, -0.1) is 0 Å². The Kier molecular flexibility index (Phi) is 7.05. The number of sulfonamides is 1. The van der Waals surface area contributed by atoms with E-state index in [2.05, 4.69) is 17.0 Å². The molecule has 0 unspecified atom stereocenters. The van der Waals surface area contributed by atoms with Gasteiger partial charge in [-0.1, -0.05) is 19.8 Å². The first-order chi connectivity index (χ1) is 11.5. The van der Waals surface area contributed by atoms with E-state index in [4.69, 9.17) is 0 Å². The molecule has 1 aliphatic heterocycles. The van der Waals surface area contributed by atoms with Crippen molar-refractivity contribution in [3.8, 4) is 0 Å². The predicted octanol–water partition coefficient (Wildman–Crippen LogP) is 3.17. The second-order valence-corrected chi connectivity index (χ2v) is 7.87. The number of amides is 2. The van der Waals surface area contributed by atoms with Crippen molar-refractivity contribution in [2.45, 2.75) is 50.3 Å². The summed E-state index contributed by atoms with van der Waals surface area (Å²) in [5.74, 6) is 0. The molecule has 6 nitrogen and oxygen atoms in total. The molecule has 1 aromatic carbocycles. The van der Waals surface area contributed by atoms with Gasteiger partial charge >= 0.3 is 6.03 Å². The van der Waals surface area contributed by atoms with E-state index in [0.29, 0.717) is 12.2 Å². The van der Waals surface area contributed by atoms with Gasteiger partial charge in [-0.3, -0.25) is 0 Å². The van der Waals surface area contributed by atoms with Gasteiger partial charge in [0, 0.05) is 25.3 Å². The molecule has 2 rings (SSSR count). The van der Waals surface area contributed by atoms with E-state index in [1.54, 1.807) is 17.0 Å². The lowest BCUT2D eigenvalue weighted by atomic mass is 10.1. The Morgan fingerprint density at radius 2 is 1.75 bits per heavy atom. The lowest BCUT2D eigenvalue weighted by Gasteiger charge is -2.26. The van der Waals surface area contributed by atoms with Gasteiger partial charge in [0.25, 0.3) is 0 Å². The Labute approximate surface area is 144 Å². The Balaban J connectivity index is 1.90. The van der Waals surface area contributed by atoms with Crippen LogP contribution in [0.5, 0.6) is 0 Å². The monoisotopic (exact) mass is 353 g/mol. The Bertz CT molecular complexity index is 623. The predicted molar refractivity (Wildman–Crippen MR) is 95.6 cm³/mol. The van der Waals surface area contributed by atoms with Crippen molar-refractivity contribution in [1.29, 1.82) is 0 Å². The number of urea groups is 1. The van der Waals surface area contributed by atoms with Gasteiger partial charge < -0.3 is 10.2 Å². The van der Waals surface area contributed by atoms with Gasteiger partial charge in [0.05, 0.1) is 4.90 Å². The van der Waals surface area contributed by atoms with Crippen LogP contribution in [0.3, 0.4) is 0 Å². The summed E-state index contributed by atoms with van der Waals surface area (Å²) >= 11 is 0. The van der Waals surface area contributed by atoms with Crippen LogP contribution in [-0.2, 0) is 10.0 Å². The van der Waals surface area contributed by atoms with Gasteiger partial charge in [-0.2, -0.15) is 0 Å². The van der Waals surface area contributed by atoms with Crippen molar-refractivity contribution >= 4 is 21.7 Å². The number of benzene rings is 1. The summed E-state index contributed by atoms with van der Waals surface area (Å²) in [5.41, 5.74) is 0.607. The molecule has 1 fully saturated rings. The fourth-order valence-corrected chi connectivity index (χ4v) is 3.76. The lowest BCUT2D eigenvalue weighted by molar-refractivity contribution is 0.200. The summed E-state index contributed by atoms with van der Waals surface area (Å²) < 4.78 is 26.9. The van der Waals surface area contributed by atoms with Crippen LogP contribution in [0, 0.1) is 0 Å². The van der Waals surface area contributed by atoms with Crippen LogP contribution < -0.4 is 10.0 Å². The zero-order chi connectivity index (χ0) is 17.4. The highest BCUT2D eigenvalue weighted by Gasteiger charge is 2.17. The number of hydrogen-bond acceptors (Lipinski definition) is 3. The quantitative estimate of drug-likeness (QED) is 0.739. The minimum Gasteiger partial charge on any atom is -0.325 e. The standard InChI is InChI=1S/C17H27N3O3S/c1-2-3-5-12-18-24(22,23)16-10-8-15(9-11-16)19-17(21)20-13-6-4-7-14-20/h8-11,18H,2-7,12-14H2,1H3,(H,19,21). The molecular weight excluding hydrogens is 326 g/mol. The molecule has 1 saturated heterocycles. The zero-order valence-corrected chi connectivity index (χ0v) is 15.1. The fourth-order valence-electron chi connectivity index (χ4n) is 2.68. The van der Waals surface area contributed by atoms with Crippen LogP contribution >= 0.6 is 0 Å². The molecule has 7 heteroatoms. The van der Waals surface area contributed by atoms with Gasteiger partial charge in [0.1, 0.15) is 0 Å². The molecule has 0 bridgehead atoms. The molecule has 0 radical (unpaired) electrons. The largest absolute Gasteiger partial charge is 0.325 e. The summed E-state index contributed by atoms with van der Waals surface area (Å²) in [4.78, 5) is 14.1. The highest BCUT2D eigenvalue weighted by molar-refractivity contribution is 7.89. The number of hydrogen-bond donors (Lipinski definition) is 2. The molecule has 1 aromatic rings. The zero-order valence-electron chi connectivity index (χ0n) is 14.3. The Morgan fingerprint density at radius 3 is 2.38 bits per heavy atom. The van der Waals surface area contributed by atoms with Crippen molar-refractivity contribution in [2.24, 2.45) is 0 Å². The first kappa shape index (κ1) is 18.7. The number of unbranched alkanes of at least 4 members (excludes halogenated alkanes) is 2. The average molecular weight is 353 g/mol. The van der Waals surface area contributed by atoms with Crippen LogP contribution in [0.1, 0.15) is 45.4 Å². The maximum Gasteiger partial charge on any atom is 0.321 e. The van der Waals surface area contributed by atoms with Crippen LogP contribution in [-0.4, -0.2) is 39.0 Å². The first-order valence-corrected chi connectivity index (χ1v) is 10.2. The van der Waals surface area contributed by atoms with Gasteiger partial charge in [0.15, 0.2) is 0 Å². The molecule has 0 aromatic heterocycles. The van der Waals surface area contributed by atoms with E-state index >= 15 is 0 Å². The minimum atomic E-state index is -3.48. The molecule has 1 heterocycles. The second kappa shape index (κ2) is 9.03. The first-order valence-electron chi connectivity index (χ1n) is 8.68. The van der Waals surface area contributed by atoms with E-state index in [1.165, 1.54) is 18.6 Å². The molecule has 2 N–H and O–H groups in total. The highest BCUT2D eigenvalue weighted by Crippen LogP contribution is 2.16. The summed E-state index contributed by atoms with van der Waals surface area (Å²) in [5, 5.41) is 2.82. The van der Waals surface area contributed by atoms with Crippen LogP contribution in [0.2, 0.25) is 0 Å². The van der Waals surface area contributed by atoms with Crippen molar-refractivity contribution in [3.05, 3.63) is 24.3 Å². The average Bonchev–Trinajstić information content (AvgIpc) is 2.60. The summed E-state index contributed by atoms with van der Waals surface area (Å²) in [6.07, 6.45) is 6.13. The van der Waals surface area contributed by atoms with Crippen LogP contribution in [0.15, 0.2) is 29.2 Å². The number of anilines is 1. The van der Waals surface area contributed by atoms with E-state index in [1.807, 2.05) is 0 Å². The number of rotatable bonds is 7. The van der Waals surface area contributed by atoms with E-state index in [-0.39, 0.29) is 10.9 Å². The molecule has 0 atom stereocenters.